The SMILES string of the molecule is CC(N)c1cc(F)ccc1Oc1cccc(I)c1. The Balaban J connectivity index is 2.34. The minimum absolute atomic E-state index is 0.279. The molecule has 0 bridgehead atoms. The van der Waals surface area contributed by atoms with Gasteiger partial charge in [-0.25, -0.2) is 4.39 Å². The van der Waals surface area contributed by atoms with Gasteiger partial charge in [0.15, 0.2) is 0 Å². The van der Waals surface area contributed by atoms with Crippen LogP contribution in [-0.4, -0.2) is 0 Å². The van der Waals surface area contributed by atoms with E-state index < -0.39 is 0 Å². The molecule has 2 aromatic carbocycles. The Hall–Kier alpha value is -1.14. The predicted molar refractivity (Wildman–Crippen MR) is 78.2 cm³/mol. The maximum atomic E-state index is 13.2. The fourth-order valence-electron chi connectivity index (χ4n) is 1.63. The van der Waals surface area contributed by atoms with Gasteiger partial charge in [-0.1, -0.05) is 6.07 Å². The molecule has 2 nitrogen and oxygen atoms in total. The Kier molecular flexibility index (Phi) is 4.19. The third-order valence-electron chi connectivity index (χ3n) is 2.49. The zero-order chi connectivity index (χ0) is 13.1. The summed E-state index contributed by atoms with van der Waals surface area (Å²) >= 11 is 2.21. The summed E-state index contributed by atoms with van der Waals surface area (Å²) in [6.45, 7) is 1.80. The standard InChI is InChI=1S/C14H13FINO/c1-9(17)13-7-10(15)5-6-14(13)18-12-4-2-3-11(16)8-12/h2-9H,17H2,1H3. The predicted octanol–water partition coefficient (Wildman–Crippen LogP) is 4.24. The molecule has 2 rings (SSSR count). The highest BCUT2D eigenvalue weighted by Crippen LogP contribution is 2.30. The van der Waals surface area contributed by atoms with E-state index >= 15 is 0 Å². The molecule has 0 spiro atoms. The first-order chi connectivity index (χ1) is 8.56. The van der Waals surface area contributed by atoms with E-state index in [4.69, 9.17) is 10.5 Å². The van der Waals surface area contributed by atoms with Crippen molar-refractivity contribution < 1.29 is 9.13 Å². The van der Waals surface area contributed by atoms with Crippen LogP contribution in [0.5, 0.6) is 11.5 Å². The zero-order valence-corrected chi connectivity index (χ0v) is 12.0. The summed E-state index contributed by atoms with van der Waals surface area (Å²) in [6.07, 6.45) is 0. The Morgan fingerprint density at radius 3 is 2.67 bits per heavy atom. The van der Waals surface area contributed by atoms with Crippen molar-refractivity contribution in [1.82, 2.24) is 0 Å². The van der Waals surface area contributed by atoms with Crippen LogP contribution in [0.15, 0.2) is 42.5 Å². The van der Waals surface area contributed by atoms with Gasteiger partial charge in [0.1, 0.15) is 17.3 Å². The van der Waals surface area contributed by atoms with Crippen LogP contribution in [0.25, 0.3) is 0 Å². The fourth-order valence-corrected chi connectivity index (χ4v) is 2.14. The largest absolute Gasteiger partial charge is 0.457 e. The van der Waals surface area contributed by atoms with E-state index in [2.05, 4.69) is 22.6 Å². The number of halogens is 2. The third-order valence-corrected chi connectivity index (χ3v) is 3.16. The van der Waals surface area contributed by atoms with Gasteiger partial charge in [0, 0.05) is 15.2 Å². The molecule has 1 atom stereocenters. The minimum Gasteiger partial charge on any atom is -0.457 e. The summed E-state index contributed by atoms with van der Waals surface area (Å²) in [6, 6.07) is 11.8. The Morgan fingerprint density at radius 2 is 2.00 bits per heavy atom. The summed E-state index contributed by atoms with van der Waals surface area (Å²) in [5, 5.41) is 0. The van der Waals surface area contributed by atoms with Crippen LogP contribution in [0.3, 0.4) is 0 Å². The van der Waals surface area contributed by atoms with Crippen molar-refractivity contribution in [2.45, 2.75) is 13.0 Å². The van der Waals surface area contributed by atoms with Crippen LogP contribution in [0.2, 0.25) is 0 Å². The summed E-state index contributed by atoms with van der Waals surface area (Å²) in [4.78, 5) is 0. The van der Waals surface area contributed by atoms with Crippen molar-refractivity contribution in [1.29, 1.82) is 0 Å². The molecule has 0 heterocycles. The number of rotatable bonds is 3. The molecule has 0 aliphatic rings. The minimum atomic E-state index is -0.308. The van der Waals surface area contributed by atoms with Gasteiger partial charge < -0.3 is 10.5 Å². The summed E-state index contributed by atoms with van der Waals surface area (Å²) < 4.78 is 20.0. The summed E-state index contributed by atoms with van der Waals surface area (Å²) in [5.41, 5.74) is 6.48. The lowest BCUT2D eigenvalue weighted by Gasteiger charge is -2.14. The molecule has 0 radical (unpaired) electrons. The average molecular weight is 357 g/mol. The van der Waals surface area contributed by atoms with Gasteiger partial charge in [-0.2, -0.15) is 0 Å². The first-order valence-corrected chi connectivity index (χ1v) is 6.62. The quantitative estimate of drug-likeness (QED) is 0.834. The molecule has 1 unspecified atom stereocenters. The van der Waals surface area contributed by atoms with Gasteiger partial charge in [0.2, 0.25) is 0 Å². The molecule has 0 amide bonds. The van der Waals surface area contributed by atoms with Crippen molar-refractivity contribution in [2.75, 3.05) is 0 Å². The molecular weight excluding hydrogens is 344 g/mol. The van der Waals surface area contributed by atoms with Gasteiger partial charge in [0.25, 0.3) is 0 Å². The summed E-state index contributed by atoms with van der Waals surface area (Å²) in [7, 11) is 0. The lowest BCUT2D eigenvalue weighted by Crippen LogP contribution is -2.07. The molecule has 2 N–H and O–H groups in total. The molecule has 2 aromatic rings. The van der Waals surface area contributed by atoms with Gasteiger partial charge >= 0.3 is 0 Å². The van der Waals surface area contributed by atoms with Gasteiger partial charge in [0.05, 0.1) is 0 Å². The van der Waals surface area contributed by atoms with Gasteiger partial charge in [-0.3, -0.25) is 0 Å². The van der Waals surface area contributed by atoms with Gasteiger partial charge in [-0.15, -0.1) is 0 Å². The van der Waals surface area contributed by atoms with Crippen LogP contribution < -0.4 is 10.5 Å². The normalized spacial score (nSPS) is 12.2. The molecule has 0 aliphatic heterocycles. The second-order valence-electron chi connectivity index (χ2n) is 4.03. The molecule has 0 aliphatic carbocycles. The van der Waals surface area contributed by atoms with Crippen LogP contribution in [-0.2, 0) is 0 Å². The molecule has 0 fully saturated rings. The van der Waals surface area contributed by atoms with E-state index in [0.717, 1.165) is 9.32 Å². The van der Waals surface area contributed by atoms with Crippen LogP contribution >= 0.6 is 22.6 Å². The fraction of sp³-hybridized carbons (Fsp3) is 0.143. The second-order valence-corrected chi connectivity index (χ2v) is 5.28. The number of hydrogen-bond donors (Lipinski definition) is 1. The van der Waals surface area contributed by atoms with Crippen LogP contribution in [0.4, 0.5) is 4.39 Å². The number of ether oxygens (including phenoxy) is 1. The van der Waals surface area contributed by atoms with Crippen molar-refractivity contribution >= 4 is 22.6 Å². The second kappa shape index (κ2) is 5.67. The van der Waals surface area contributed by atoms with Gasteiger partial charge in [-0.05, 0) is 65.9 Å². The van der Waals surface area contributed by atoms with E-state index in [1.165, 1.54) is 12.1 Å². The van der Waals surface area contributed by atoms with E-state index in [1.807, 2.05) is 24.3 Å². The first-order valence-electron chi connectivity index (χ1n) is 5.54. The van der Waals surface area contributed by atoms with E-state index in [-0.39, 0.29) is 11.9 Å². The number of benzene rings is 2. The molecule has 0 saturated carbocycles. The van der Waals surface area contributed by atoms with Crippen molar-refractivity contribution in [3.05, 3.63) is 57.4 Å². The van der Waals surface area contributed by atoms with Crippen molar-refractivity contribution in [3.63, 3.8) is 0 Å². The molecule has 4 heteroatoms. The number of hydrogen-bond acceptors (Lipinski definition) is 2. The lowest BCUT2D eigenvalue weighted by molar-refractivity contribution is 0.469. The molecule has 94 valence electrons. The first kappa shape index (κ1) is 13.3. The van der Waals surface area contributed by atoms with Crippen LogP contribution in [0.1, 0.15) is 18.5 Å². The Morgan fingerprint density at radius 1 is 1.22 bits per heavy atom. The van der Waals surface area contributed by atoms with Crippen LogP contribution in [0, 0.1) is 9.39 Å². The highest BCUT2D eigenvalue weighted by molar-refractivity contribution is 14.1. The average Bonchev–Trinajstić information content (AvgIpc) is 2.31. The summed E-state index contributed by atoms with van der Waals surface area (Å²) in [5.74, 6) is 1.00. The maximum Gasteiger partial charge on any atom is 0.132 e. The molecule has 0 saturated heterocycles. The Labute approximate surface area is 119 Å². The van der Waals surface area contributed by atoms with Crippen molar-refractivity contribution in [3.8, 4) is 11.5 Å². The Bertz CT molecular complexity index is 557. The zero-order valence-electron chi connectivity index (χ0n) is 9.86. The van der Waals surface area contributed by atoms with E-state index in [0.29, 0.717) is 11.3 Å². The highest BCUT2D eigenvalue weighted by Gasteiger charge is 2.10. The molecular formula is C14H13FINO. The lowest BCUT2D eigenvalue weighted by atomic mass is 10.1. The monoisotopic (exact) mass is 357 g/mol. The van der Waals surface area contributed by atoms with E-state index in [9.17, 15) is 4.39 Å². The maximum absolute atomic E-state index is 13.2. The molecule has 0 aromatic heterocycles. The smallest absolute Gasteiger partial charge is 0.132 e. The van der Waals surface area contributed by atoms with Crippen molar-refractivity contribution in [2.24, 2.45) is 5.73 Å². The van der Waals surface area contributed by atoms with E-state index in [1.54, 1.807) is 13.0 Å². The molecule has 18 heavy (non-hydrogen) atoms. The highest BCUT2D eigenvalue weighted by atomic mass is 127. The topological polar surface area (TPSA) is 35.2 Å². The third kappa shape index (κ3) is 3.20. The number of nitrogens with two attached hydrogens (primary N) is 1.